The first kappa shape index (κ1) is 13.9. The third-order valence-electron chi connectivity index (χ3n) is 2.91. The number of fused-ring (bicyclic) bond motifs is 1. The van der Waals surface area contributed by atoms with E-state index in [1.807, 2.05) is 0 Å². The van der Waals surface area contributed by atoms with E-state index in [1.54, 1.807) is 0 Å². The summed E-state index contributed by atoms with van der Waals surface area (Å²) in [4.78, 5) is 6.65. The highest BCUT2D eigenvalue weighted by Gasteiger charge is 2.31. The van der Waals surface area contributed by atoms with Crippen LogP contribution in [0.5, 0.6) is 0 Å². The van der Waals surface area contributed by atoms with Crippen molar-refractivity contribution in [2.75, 3.05) is 0 Å². The summed E-state index contributed by atoms with van der Waals surface area (Å²) in [5, 5.41) is 38.2. The van der Waals surface area contributed by atoms with E-state index >= 15 is 0 Å². The highest BCUT2D eigenvalue weighted by molar-refractivity contribution is 5.75. The molecule has 0 saturated carbocycles. The van der Waals surface area contributed by atoms with E-state index < -0.39 is 30.2 Å². The molecule has 3 unspecified atom stereocenters. The van der Waals surface area contributed by atoms with Crippen molar-refractivity contribution >= 4 is 11.0 Å². The van der Waals surface area contributed by atoms with E-state index in [-0.39, 0.29) is 5.82 Å². The molecule has 19 heavy (non-hydrogen) atoms. The molecule has 5 N–H and O–H groups in total. The van der Waals surface area contributed by atoms with E-state index in [0.717, 1.165) is 0 Å². The van der Waals surface area contributed by atoms with Gasteiger partial charge in [0, 0.05) is 6.07 Å². The fourth-order valence-corrected chi connectivity index (χ4v) is 1.77. The fourth-order valence-electron chi connectivity index (χ4n) is 1.77. The molecule has 0 aliphatic rings. The third-order valence-corrected chi connectivity index (χ3v) is 2.91. The molecule has 0 aliphatic heterocycles. The summed E-state index contributed by atoms with van der Waals surface area (Å²) < 4.78 is 13.0. The highest BCUT2D eigenvalue weighted by atomic mass is 19.1. The summed E-state index contributed by atoms with van der Waals surface area (Å²) in [6.45, 7) is 1.29. The maximum Gasteiger partial charge on any atom is 0.140 e. The molecule has 0 radical (unpaired) electrons. The maximum atomic E-state index is 13.0. The van der Waals surface area contributed by atoms with Gasteiger partial charge in [0.2, 0.25) is 0 Å². The number of aromatic amines is 1. The second-order valence-electron chi connectivity index (χ2n) is 4.45. The van der Waals surface area contributed by atoms with Crippen molar-refractivity contribution in [2.45, 2.75) is 31.3 Å². The Bertz CT molecular complexity index is 572. The van der Waals surface area contributed by atoms with Gasteiger partial charge in [-0.2, -0.15) is 0 Å². The minimum atomic E-state index is -1.61. The molecule has 2 rings (SSSR count). The van der Waals surface area contributed by atoms with Crippen LogP contribution in [-0.4, -0.2) is 48.7 Å². The van der Waals surface area contributed by atoms with Crippen LogP contribution >= 0.6 is 0 Å². The summed E-state index contributed by atoms with van der Waals surface area (Å²) >= 11 is 0. The summed E-state index contributed by atoms with van der Waals surface area (Å²) in [5.41, 5.74) is 0.793. The molecule has 0 bridgehead atoms. The van der Waals surface area contributed by atoms with Crippen LogP contribution in [0.25, 0.3) is 11.0 Å². The minimum Gasteiger partial charge on any atom is -0.391 e. The molecule has 6 nitrogen and oxygen atoms in total. The van der Waals surface area contributed by atoms with Gasteiger partial charge in [0.1, 0.15) is 30.0 Å². The van der Waals surface area contributed by atoms with Gasteiger partial charge in [-0.15, -0.1) is 0 Å². The number of aliphatic hydroxyl groups is 4. The monoisotopic (exact) mass is 270 g/mol. The van der Waals surface area contributed by atoms with Crippen LogP contribution in [0.2, 0.25) is 0 Å². The lowest BCUT2D eigenvalue weighted by atomic mass is 10.0. The van der Waals surface area contributed by atoms with E-state index in [0.29, 0.717) is 11.0 Å². The number of halogens is 1. The second-order valence-corrected chi connectivity index (χ2v) is 4.45. The van der Waals surface area contributed by atoms with Gasteiger partial charge in [-0.1, -0.05) is 0 Å². The van der Waals surface area contributed by atoms with E-state index in [2.05, 4.69) is 9.97 Å². The van der Waals surface area contributed by atoms with Crippen molar-refractivity contribution in [1.29, 1.82) is 0 Å². The van der Waals surface area contributed by atoms with Gasteiger partial charge in [0.25, 0.3) is 0 Å². The molecular formula is C12H15FN2O4. The summed E-state index contributed by atoms with van der Waals surface area (Å²) in [6.07, 6.45) is -5.84. The standard InChI is InChI=1S/C12H15FN2O4/c1-5(16)9(17)10(18)11(19)12-14-7-3-2-6(13)4-8(7)15-12/h2-5,9-11,16-19H,1H3,(H,14,15)/t5?,9?,10?,11-/m1/s1. The van der Waals surface area contributed by atoms with Crippen LogP contribution in [0, 0.1) is 5.82 Å². The lowest BCUT2D eigenvalue weighted by molar-refractivity contribution is -0.103. The van der Waals surface area contributed by atoms with Gasteiger partial charge in [-0.25, -0.2) is 9.37 Å². The average Bonchev–Trinajstić information content (AvgIpc) is 2.78. The Kier molecular flexibility index (Phi) is 3.81. The van der Waals surface area contributed by atoms with E-state index in [1.165, 1.54) is 25.1 Å². The normalized spacial score (nSPS) is 18.2. The molecule has 0 amide bonds. The number of rotatable bonds is 4. The van der Waals surface area contributed by atoms with Crippen LogP contribution in [0.1, 0.15) is 18.9 Å². The molecule has 4 atom stereocenters. The Labute approximate surface area is 108 Å². The van der Waals surface area contributed by atoms with Gasteiger partial charge < -0.3 is 25.4 Å². The number of nitrogens with one attached hydrogen (secondary N) is 1. The Morgan fingerprint density at radius 3 is 2.47 bits per heavy atom. The number of nitrogens with zero attached hydrogens (tertiary/aromatic N) is 1. The van der Waals surface area contributed by atoms with Crippen LogP contribution in [-0.2, 0) is 0 Å². The number of hydrogen-bond donors (Lipinski definition) is 5. The van der Waals surface area contributed by atoms with Crippen LogP contribution < -0.4 is 0 Å². The van der Waals surface area contributed by atoms with Gasteiger partial charge in [-0.3, -0.25) is 0 Å². The molecule has 1 heterocycles. The zero-order valence-electron chi connectivity index (χ0n) is 10.2. The van der Waals surface area contributed by atoms with Crippen molar-refractivity contribution in [3.8, 4) is 0 Å². The van der Waals surface area contributed by atoms with Gasteiger partial charge in [0.15, 0.2) is 0 Å². The Morgan fingerprint density at radius 1 is 1.16 bits per heavy atom. The first-order chi connectivity index (χ1) is 8.90. The number of benzene rings is 1. The van der Waals surface area contributed by atoms with Crippen LogP contribution in [0.15, 0.2) is 18.2 Å². The summed E-state index contributed by atoms with van der Waals surface area (Å²) in [5.74, 6) is -0.475. The molecule has 0 fully saturated rings. The third kappa shape index (κ3) is 2.74. The SMILES string of the molecule is CC(O)C(O)C(O)[C@@H](O)c1nc2cc(F)ccc2[nH]1. The average molecular weight is 270 g/mol. The lowest BCUT2D eigenvalue weighted by Gasteiger charge is -2.23. The minimum absolute atomic E-state index is 0.00667. The molecule has 0 spiro atoms. The predicted molar refractivity (Wildman–Crippen MR) is 64.7 cm³/mol. The molecule has 1 aromatic heterocycles. The zero-order chi connectivity index (χ0) is 14.2. The topological polar surface area (TPSA) is 110 Å². The molecule has 0 aliphatic carbocycles. The van der Waals surface area contributed by atoms with E-state index in [4.69, 9.17) is 5.11 Å². The van der Waals surface area contributed by atoms with Gasteiger partial charge >= 0.3 is 0 Å². The molecule has 104 valence electrons. The summed E-state index contributed by atoms with van der Waals surface area (Å²) in [6, 6.07) is 3.86. The fraction of sp³-hybridized carbons (Fsp3) is 0.417. The Balaban J connectivity index is 2.28. The quantitative estimate of drug-likeness (QED) is 0.530. The number of aliphatic hydroxyl groups excluding tert-OH is 4. The smallest absolute Gasteiger partial charge is 0.140 e. The molecule has 7 heteroatoms. The molecule has 1 aromatic carbocycles. The number of aromatic nitrogens is 2. The van der Waals surface area contributed by atoms with Gasteiger partial charge in [0.05, 0.1) is 17.1 Å². The van der Waals surface area contributed by atoms with Gasteiger partial charge in [-0.05, 0) is 19.1 Å². The molecular weight excluding hydrogens is 255 g/mol. The van der Waals surface area contributed by atoms with Crippen LogP contribution in [0.4, 0.5) is 4.39 Å². The first-order valence-corrected chi connectivity index (χ1v) is 5.77. The number of hydrogen-bond acceptors (Lipinski definition) is 5. The van der Waals surface area contributed by atoms with Crippen molar-refractivity contribution in [3.63, 3.8) is 0 Å². The van der Waals surface area contributed by atoms with Crippen molar-refractivity contribution < 1.29 is 24.8 Å². The Morgan fingerprint density at radius 2 is 1.84 bits per heavy atom. The highest BCUT2D eigenvalue weighted by Crippen LogP contribution is 2.21. The zero-order valence-corrected chi connectivity index (χ0v) is 10.2. The second kappa shape index (κ2) is 5.22. The maximum absolute atomic E-state index is 13.0. The van der Waals surface area contributed by atoms with Crippen molar-refractivity contribution in [3.05, 3.63) is 29.8 Å². The van der Waals surface area contributed by atoms with Crippen molar-refractivity contribution in [2.24, 2.45) is 0 Å². The van der Waals surface area contributed by atoms with E-state index in [9.17, 15) is 19.7 Å². The Hall–Kier alpha value is -1.54. The first-order valence-electron chi connectivity index (χ1n) is 5.77. The predicted octanol–water partition coefficient (Wildman–Crippen LogP) is -0.162. The summed E-state index contributed by atoms with van der Waals surface area (Å²) in [7, 11) is 0. The molecule has 2 aromatic rings. The van der Waals surface area contributed by atoms with Crippen molar-refractivity contribution in [1.82, 2.24) is 9.97 Å². The van der Waals surface area contributed by atoms with Crippen LogP contribution in [0.3, 0.4) is 0 Å². The lowest BCUT2D eigenvalue weighted by Crippen LogP contribution is -2.39. The molecule has 0 saturated heterocycles. The number of imidazole rings is 1. The largest absolute Gasteiger partial charge is 0.391 e. The number of H-pyrrole nitrogens is 1.